The number of nitrogens with zero attached hydrogens (tertiary/aromatic N) is 2. The van der Waals surface area contributed by atoms with Crippen LogP contribution in [0.3, 0.4) is 0 Å². The Morgan fingerprint density at radius 1 is 1.50 bits per heavy atom. The lowest BCUT2D eigenvalue weighted by Crippen LogP contribution is -2.45. The lowest BCUT2D eigenvalue weighted by atomic mass is 10.1. The van der Waals surface area contributed by atoms with Gasteiger partial charge in [-0.1, -0.05) is 5.16 Å². The maximum atomic E-state index is 11.7. The molecular weight excluding hydrogens is 234 g/mol. The first-order valence-electron chi connectivity index (χ1n) is 5.03. The maximum Gasteiger partial charge on any atom is 0.279 e. The summed E-state index contributed by atoms with van der Waals surface area (Å²) < 4.78 is 32.0. The zero-order valence-electron chi connectivity index (χ0n) is 9.22. The largest absolute Gasteiger partial charge is 0.411 e. The van der Waals surface area contributed by atoms with Gasteiger partial charge >= 0.3 is 0 Å². The van der Waals surface area contributed by atoms with E-state index in [-0.39, 0.29) is 6.54 Å². The van der Waals surface area contributed by atoms with Gasteiger partial charge in [-0.2, -0.15) is 17.4 Å². The van der Waals surface area contributed by atoms with E-state index in [4.69, 9.17) is 9.94 Å². The smallest absolute Gasteiger partial charge is 0.279 e. The summed E-state index contributed by atoms with van der Waals surface area (Å²) >= 11 is 0. The van der Waals surface area contributed by atoms with E-state index in [0.29, 0.717) is 38.2 Å². The minimum absolute atomic E-state index is 0.260. The Morgan fingerprint density at radius 3 is 2.62 bits per heavy atom. The van der Waals surface area contributed by atoms with Crippen molar-refractivity contribution in [3.8, 4) is 0 Å². The van der Waals surface area contributed by atoms with Crippen LogP contribution in [0.1, 0.15) is 12.8 Å². The fourth-order valence-corrected chi connectivity index (χ4v) is 2.64. The number of rotatable bonds is 5. The minimum Gasteiger partial charge on any atom is -0.411 e. The number of nitrogens with one attached hydrogen (secondary N) is 1. The Balaban J connectivity index is 2.45. The number of ether oxygens (including phenoxy) is 1. The highest BCUT2D eigenvalue weighted by atomic mass is 32.2. The molecular formula is C8H17N3O4S. The van der Waals surface area contributed by atoms with Crippen molar-refractivity contribution in [1.29, 1.82) is 0 Å². The van der Waals surface area contributed by atoms with Gasteiger partial charge in [0.15, 0.2) is 0 Å². The average molecular weight is 251 g/mol. The Kier molecular flexibility index (Phi) is 5.13. The van der Waals surface area contributed by atoms with Gasteiger partial charge in [0.05, 0.1) is 12.3 Å². The lowest BCUT2D eigenvalue weighted by molar-refractivity contribution is 0.203. The standard InChI is InChI=1S/C8H17N3O4S/c1-15-7-4-9-16(13,14)11-5-2-8(10-12)3-6-11/h9,12H,2-7H2,1H3. The zero-order chi connectivity index (χ0) is 12.0. The summed E-state index contributed by atoms with van der Waals surface area (Å²) in [6.45, 7) is 1.30. The highest BCUT2D eigenvalue weighted by molar-refractivity contribution is 7.87. The van der Waals surface area contributed by atoms with Crippen molar-refractivity contribution >= 4 is 15.9 Å². The Hall–Kier alpha value is -0.700. The minimum atomic E-state index is -3.42. The van der Waals surface area contributed by atoms with Gasteiger partial charge in [0.25, 0.3) is 10.2 Å². The molecule has 0 atom stereocenters. The summed E-state index contributed by atoms with van der Waals surface area (Å²) in [7, 11) is -1.91. The van der Waals surface area contributed by atoms with Crippen molar-refractivity contribution < 1.29 is 18.4 Å². The summed E-state index contributed by atoms with van der Waals surface area (Å²) in [6, 6.07) is 0. The van der Waals surface area contributed by atoms with Crippen molar-refractivity contribution in [3.63, 3.8) is 0 Å². The molecule has 0 radical (unpaired) electrons. The summed E-state index contributed by atoms with van der Waals surface area (Å²) in [5, 5.41) is 11.6. The molecule has 0 aromatic heterocycles. The van der Waals surface area contributed by atoms with E-state index in [1.807, 2.05) is 0 Å². The molecule has 1 aliphatic heterocycles. The molecule has 16 heavy (non-hydrogen) atoms. The molecule has 94 valence electrons. The van der Waals surface area contributed by atoms with E-state index in [1.54, 1.807) is 0 Å². The van der Waals surface area contributed by atoms with Crippen molar-refractivity contribution in [2.24, 2.45) is 5.16 Å². The molecule has 0 aliphatic carbocycles. The third-order valence-electron chi connectivity index (χ3n) is 2.37. The second kappa shape index (κ2) is 6.14. The van der Waals surface area contributed by atoms with Crippen LogP contribution in [0.25, 0.3) is 0 Å². The monoisotopic (exact) mass is 251 g/mol. The summed E-state index contributed by atoms with van der Waals surface area (Å²) in [5.74, 6) is 0. The van der Waals surface area contributed by atoms with Crippen LogP contribution in [0, 0.1) is 0 Å². The molecule has 1 rings (SSSR count). The Bertz CT molecular complexity index is 331. The number of hydrogen-bond donors (Lipinski definition) is 2. The van der Waals surface area contributed by atoms with Crippen molar-refractivity contribution in [1.82, 2.24) is 9.03 Å². The molecule has 2 N–H and O–H groups in total. The van der Waals surface area contributed by atoms with Gasteiger partial charge < -0.3 is 9.94 Å². The molecule has 0 aromatic rings. The highest BCUT2D eigenvalue weighted by Crippen LogP contribution is 2.10. The fourth-order valence-electron chi connectivity index (χ4n) is 1.45. The summed E-state index contributed by atoms with van der Waals surface area (Å²) in [6.07, 6.45) is 0.948. The molecule has 8 heteroatoms. The van der Waals surface area contributed by atoms with Gasteiger partial charge in [-0.05, 0) is 0 Å². The Morgan fingerprint density at radius 2 is 2.12 bits per heavy atom. The van der Waals surface area contributed by atoms with E-state index >= 15 is 0 Å². The predicted molar refractivity (Wildman–Crippen MR) is 58.8 cm³/mol. The highest BCUT2D eigenvalue weighted by Gasteiger charge is 2.25. The van der Waals surface area contributed by atoms with Gasteiger partial charge in [0.1, 0.15) is 0 Å². The molecule has 0 bridgehead atoms. The van der Waals surface area contributed by atoms with Gasteiger partial charge in [-0.15, -0.1) is 0 Å². The topological polar surface area (TPSA) is 91.2 Å². The molecule has 1 saturated heterocycles. The number of piperidine rings is 1. The molecule has 0 aromatic carbocycles. The van der Waals surface area contributed by atoms with Gasteiger partial charge in [-0.3, -0.25) is 0 Å². The number of oxime groups is 1. The molecule has 0 saturated carbocycles. The first kappa shape index (κ1) is 13.4. The van der Waals surface area contributed by atoms with Crippen LogP contribution in [0.5, 0.6) is 0 Å². The SMILES string of the molecule is COCCNS(=O)(=O)N1CCC(=NO)CC1. The van der Waals surface area contributed by atoms with Crippen molar-refractivity contribution in [2.75, 3.05) is 33.4 Å². The first-order valence-corrected chi connectivity index (χ1v) is 6.47. The van der Waals surface area contributed by atoms with Gasteiger partial charge in [-0.25, -0.2) is 0 Å². The average Bonchev–Trinajstić information content (AvgIpc) is 2.29. The predicted octanol–water partition coefficient (Wildman–Crippen LogP) is -0.607. The Labute approximate surface area is 95.3 Å². The van der Waals surface area contributed by atoms with Crippen LogP contribution in [-0.2, 0) is 14.9 Å². The molecule has 0 amide bonds. The van der Waals surface area contributed by atoms with Crippen molar-refractivity contribution in [2.45, 2.75) is 12.8 Å². The molecule has 0 unspecified atom stereocenters. The molecule has 1 heterocycles. The van der Waals surface area contributed by atoms with Gasteiger partial charge in [0.2, 0.25) is 0 Å². The fraction of sp³-hybridized carbons (Fsp3) is 0.875. The zero-order valence-corrected chi connectivity index (χ0v) is 10.0. The first-order chi connectivity index (χ1) is 7.60. The van der Waals surface area contributed by atoms with Crippen LogP contribution in [0.4, 0.5) is 0 Å². The van der Waals surface area contributed by atoms with E-state index in [2.05, 4.69) is 9.88 Å². The quantitative estimate of drug-likeness (QED) is 0.387. The number of methoxy groups -OCH3 is 1. The molecule has 7 nitrogen and oxygen atoms in total. The molecule has 0 spiro atoms. The third-order valence-corrected chi connectivity index (χ3v) is 3.99. The summed E-state index contributed by atoms with van der Waals surface area (Å²) in [5.41, 5.74) is 0.642. The lowest BCUT2D eigenvalue weighted by Gasteiger charge is -2.26. The van der Waals surface area contributed by atoms with E-state index in [0.717, 1.165) is 0 Å². The second-order valence-electron chi connectivity index (χ2n) is 3.46. The van der Waals surface area contributed by atoms with Crippen LogP contribution in [0.2, 0.25) is 0 Å². The van der Waals surface area contributed by atoms with Gasteiger partial charge in [0, 0.05) is 39.6 Å². The van der Waals surface area contributed by atoms with E-state index < -0.39 is 10.2 Å². The van der Waals surface area contributed by atoms with Crippen LogP contribution in [0.15, 0.2) is 5.16 Å². The van der Waals surface area contributed by atoms with Crippen LogP contribution in [-0.4, -0.2) is 57.0 Å². The van der Waals surface area contributed by atoms with E-state index in [1.165, 1.54) is 11.4 Å². The van der Waals surface area contributed by atoms with Crippen LogP contribution < -0.4 is 4.72 Å². The van der Waals surface area contributed by atoms with Crippen LogP contribution >= 0.6 is 0 Å². The normalized spacial score (nSPS) is 18.7. The van der Waals surface area contributed by atoms with Crippen molar-refractivity contribution in [3.05, 3.63) is 0 Å². The second-order valence-corrected chi connectivity index (χ2v) is 5.21. The third kappa shape index (κ3) is 3.71. The maximum absolute atomic E-state index is 11.7. The number of hydrogen-bond acceptors (Lipinski definition) is 5. The molecule has 1 aliphatic rings. The summed E-state index contributed by atoms with van der Waals surface area (Å²) in [4.78, 5) is 0. The van der Waals surface area contributed by atoms with E-state index in [9.17, 15) is 8.42 Å². The molecule has 1 fully saturated rings.